The van der Waals surface area contributed by atoms with E-state index in [9.17, 15) is 9.59 Å². The van der Waals surface area contributed by atoms with E-state index in [4.69, 9.17) is 9.84 Å². The van der Waals surface area contributed by atoms with Crippen molar-refractivity contribution in [1.29, 1.82) is 0 Å². The number of ether oxygens (including phenoxy) is 1. The fourth-order valence-electron chi connectivity index (χ4n) is 5.36. The molecule has 1 N–H and O–H groups in total. The quantitative estimate of drug-likeness (QED) is 0.0503. The van der Waals surface area contributed by atoms with Gasteiger partial charge in [-0.2, -0.15) is 0 Å². The smallest absolute Gasteiger partial charge is 0.309 e. The lowest BCUT2D eigenvalue weighted by Crippen LogP contribution is -2.21. The van der Waals surface area contributed by atoms with E-state index in [1.807, 2.05) is 0 Å². The molecule has 0 bridgehead atoms. The van der Waals surface area contributed by atoms with E-state index in [-0.39, 0.29) is 13.0 Å². The first-order valence-corrected chi connectivity index (χ1v) is 17.3. The van der Waals surface area contributed by atoms with Crippen molar-refractivity contribution in [2.75, 3.05) is 6.61 Å². The van der Waals surface area contributed by atoms with E-state index in [0.717, 1.165) is 19.3 Å². The minimum atomic E-state index is -0.943. The summed E-state index contributed by atoms with van der Waals surface area (Å²) in [5, 5.41) is 9.03. The summed E-state index contributed by atoms with van der Waals surface area (Å²) in [5.74, 6) is -1.89. The normalized spacial score (nSPS) is 12.1. The lowest BCUT2D eigenvalue weighted by atomic mass is 9.97. The topological polar surface area (TPSA) is 63.6 Å². The molecule has 0 heterocycles. The Balaban J connectivity index is 3.36. The predicted molar refractivity (Wildman–Crippen MR) is 172 cm³/mol. The van der Waals surface area contributed by atoms with Crippen LogP contribution >= 0.6 is 0 Å². The van der Waals surface area contributed by atoms with Crippen molar-refractivity contribution in [3.63, 3.8) is 0 Å². The third-order valence-electron chi connectivity index (χ3n) is 7.91. The largest absolute Gasteiger partial charge is 0.481 e. The van der Waals surface area contributed by atoms with Gasteiger partial charge in [0.2, 0.25) is 0 Å². The standard InChI is InChI=1S/C36H66O4/c1-3-5-6-7-8-9-10-11-12-13-14-15-16-17-18-19-20-21-22-23-24-25-26-27-28-29-30-31-34(33-35(37)38)36(39)40-32-4-2/h4,18-19,34H,2-3,5-17,20-33H2,1H3,(H,37,38)/b19-18+. The lowest BCUT2D eigenvalue weighted by molar-refractivity contribution is -0.152. The zero-order valence-corrected chi connectivity index (χ0v) is 26.5. The molecule has 0 aliphatic heterocycles. The molecule has 0 rings (SSSR count). The fraction of sp³-hybridized carbons (Fsp3) is 0.833. The number of carboxylic acid groups (broad SMARTS) is 1. The molecule has 234 valence electrons. The zero-order chi connectivity index (χ0) is 29.4. The summed E-state index contributed by atoms with van der Waals surface area (Å²) < 4.78 is 5.04. The Hall–Kier alpha value is -1.58. The Bertz CT molecular complexity index is 598. The Morgan fingerprint density at radius 3 is 1.38 bits per heavy atom. The average molecular weight is 563 g/mol. The first-order valence-electron chi connectivity index (χ1n) is 17.3. The molecular formula is C36H66O4. The van der Waals surface area contributed by atoms with Gasteiger partial charge in [0, 0.05) is 0 Å². The molecule has 0 aromatic rings. The van der Waals surface area contributed by atoms with Crippen molar-refractivity contribution in [3.8, 4) is 0 Å². The van der Waals surface area contributed by atoms with Crippen LogP contribution in [0.25, 0.3) is 0 Å². The predicted octanol–water partition coefficient (Wildman–Crippen LogP) is 11.5. The third kappa shape index (κ3) is 29.4. The molecule has 0 aromatic carbocycles. The summed E-state index contributed by atoms with van der Waals surface area (Å²) in [6, 6.07) is 0. The van der Waals surface area contributed by atoms with Crippen LogP contribution in [0.15, 0.2) is 24.8 Å². The monoisotopic (exact) mass is 562 g/mol. The van der Waals surface area contributed by atoms with E-state index in [2.05, 4.69) is 25.7 Å². The van der Waals surface area contributed by atoms with Crippen molar-refractivity contribution in [1.82, 2.24) is 0 Å². The van der Waals surface area contributed by atoms with Crippen LogP contribution in [0.2, 0.25) is 0 Å². The molecule has 0 saturated heterocycles. The van der Waals surface area contributed by atoms with Crippen LogP contribution in [0.3, 0.4) is 0 Å². The summed E-state index contributed by atoms with van der Waals surface area (Å²) in [4.78, 5) is 23.0. The van der Waals surface area contributed by atoms with Crippen molar-refractivity contribution >= 4 is 11.9 Å². The van der Waals surface area contributed by atoms with Crippen LogP contribution in [0, 0.1) is 5.92 Å². The number of carbonyl (C=O) groups is 2. The molecule has 0 saturated carbocycles. The average Bonchev–Trinajstić information content (AvgIpc) is 2.94. The maximum atomic E-state index is 12.0. The SMILES string of the molecule is C=CCOC(=O)C(CCCCCCCCCCCC/C=C/CCCCCCCCCCCCCCC)CC(=O)O. The van der Waals surface area contributed by atoms with Gasteiger partial charge in [0.1, 0.15) is 6.61 Å². The Morgan fingerprint density at radius 1 is 0.625 bits per heavy atom. The number of carbonyl (C=O) groups excluding carboxylic acids is 1. The van der Waals surface area contributed by atoms with Crippen LogP contribution in [0.5, 0.6) is 0 Å². The maximum Gasteiger partial charge on any atom is 0.309 e. The van der Waals surface area contributed by atoms with Gasteiger partial charge in [0.05, 0.1) is 12.3 Å². The van der Waals surface area contributed by atoms with E-state index in [0.29, 0.717) is 6.42 Å². The van der Waals surface area contributed by atoms with Gasteiger partial charge in [-0.1, -0.05) is 167 Å². The molecule has 1 unspecified atom stereocenters. The number of unbranched alkanes of at least 4 members (excludes halogenated alkanes) is 23. The molecule has 0 fully saturated rings. The summed E-state index contributed by atoms with van der Waals surface area (Å²) >= 11 is 0. The van der Waals surface area contributed by atoms with Gasteiger partial charge < -0.3 is 9.84 Å². The number of esters is 1. The molecule has 1 atom stereocenters. The second kappa shape index (κ2) is 31.9. The van der Waals surface area contributed by atoms with Crippen LogP contribution < -0.4 is 0 Å². The molecule has 0 radical (unpaired) electrons. The van der Waals surface area contributed by atoms with Gasteiger partial charge in [0.15, 0.2) is 0 Å². The van der Waals surface area contributed by atoms with Gasteiger partial charge in [-0.05, 0) is 32.1 Å². The summed E-state index contributed by atoms with van der Waals surface area (Å²) in [7, 11) is 0. The first-order chi connectivity index (χ1) is 19.6. The highest BCUT2D eigenvalue weighted by atomic mass is 16.5. The molecule has 0 amide bonds. The molecule has 0 aliphatic carbocycles. The molecule has 40 heavy (non-hydrogen) atoms. The fourth-order valence-corrected chi connectivity index (χ4v) is 5.36. The van der Waals surface area contributed by atoms with Crippen molar-refractivity contribution in [2.45, 2.75) is 180 Å². The number of carboxylic acids is 1. The van der Waals surface area contributed by atoms with Gasteiger partial charge in [-0.25, -0.2) is 0 Å². The maximum absolute atomic E-state index is 12.0. The molecular weight excluding hydrogens is 496 g/mol. The number of allylic oxidation sites excluding steroid dienone is 2. The second-order valence-corrected chi connectivity index (χ2v) is 11.8. The van der Waals surface area contributed by atoms with E-state index in [1.54, 1.807) is 0 Å². The van der Waals surface area contributed by atoms with Crippen LogP contribution in [0.1, 0.15) is 180 Å². The number of rotatable bonds is 32. The van der Waals surface area contributed by atoms with Crippen LogP contribution in [-0.2, 0) is 14.3 Å². The van der Waals surface area contributed by atoms with E-state index in [1.165, 1.54) is 147 Å². The van der Waals surface area contributed by atoms with Crippen molar-refractivity contribution in [3.05, 3.63) is 24.8 Å². The van der Waals surface area contributed by atoms with E-state index < -0.39 is 17.9 Å². The van der Waals surface area contributed by atoms with Crippen molar-refractivity contribution in [2.24, 2.45) is 5.92 Å². The Morgan fingerprint density at radius 2 is 1.00 bits per heavy atom. The highest BCUT2D eigenvalue weighted by Gasteiger charge is 2.22. The molecule has 0 aliphatic rings. The zero-order valence-electron chi connectivity index (χ0n) is 26.5. The number of hydrogen-bond acceptors (Lipinski definition) is 3. The van der Waals surface area contributed by atoms with Crippen LogP contribution in [0.4, 0.5) is 0 Å². The lowest BCUT2D eigenvalue weighted by Gasteiger charge is -2.13. The summed E-state index contributed by atoms with van der Waals surface area (Å²) in [5.41, 5.74) is 0. The van der Waals surface area contributed by atoms with Crippen LogP contribution in [-0.4, -0.2) is 23.7 Å². The summed E-state index contributed by atoms with van der Waals surface area (Å²) in [6.45, 7) is 5.96. The number of aliphatic carboxylic acids is 1. The van der Waals surface area contributed by atoms with Crippen molar-refractivity contribution < 1.29 is 19.4 Å². The van der Waals surface area contributed by atoms with Gasteiger partial charge in [-0.3, -0.25) is 9.59 Å². The number of hydrogen-bond donors (Lipinski definition) is 1. The molecule has 4 heteroatoms. The summed E-state index contributed by atoms with van der Waals surface area (Å²) in [6.07, 6.45) is 40.0. The highest BCUT2D eigenvalue weighted by molar-refractivity contribution is 5.79. The van der Waals surface area contributed by atoms with E-state index >= 15 is 0 Å². The highest BCUT2D eigenvalue weighted by Crippen LogP contribution is 2.18. The minimum absolute atomic E-state index is 0.144. The molecule has 4 nitrogen and oxygen atoms in total. The Labute approximate surface area is 248 Å². The molecule has 0 spiro atoms. The first kappa shape index (κ1) is 38.4. The second-order valence-electron chi connectivity index (χ2n) is 11.8. The third-order valence-corrected chi connectivity index (χ3v) is 7.91. The molecule has 0 aromatic heterocycles. The van der Waals surface area contributed by atoms with Gasteiger partial charge in [-0.15, -0.1) is 0 Å². The van der Waals surface area contributed by atoms with Gasteiger partial charge >= 0.3 is 11.9 Å². The van der Waals surface area contributed by atoms with Gasteiger partial charge in [0.25, 0.3) is 0 Å². The minimum Gasteiger partial charge on any atom is -0.481 e. The Kier molecular flexibility index (Phi) is 30.7.